The summed E-state index contributed by atoms with van der Waals surface area (Å²) in [4.78, 5) is 0. The fourth-order valence-electron chi connectivity index (χ4n) is 2.00. The Bertz CT molecular complexity index is 314. The molecule has 1 atom stereocenters. The monoisotopic (exact) mass is 194 g/mol. The average molecular weight is 194 g/mol. The Morgan fingerprint density at radius 2 is 2.43 bits per heavy atom. The molecule has 0 radical (unpaired) electrons. The molecule has 1 unspecified atom stereocenters. The van der Waals surface area contributed by atoms with Gasteiger partial charge in [0.25, 0.3) is 0 Å². The second kappa shape index (κ2) is 3.71. The number of aromatic nitrogens is 2. The minimum atomic E-state index is 0.304. The van der Waals surface area contributed by atoms with Crippen LogP contribution in [0.5, 0.6) is 0 Å². The van der Waals surface area contributed by atoms with Gasteiger partial charge in [-0.2, -0.15) is 5.10 Å². The number of hydrazine groups is 1. The first-order valence-electron chi connectivity index (χ1n) is 5.24. The van der Waals surface area contributed by atoms with Gasteiger partial charge < -0.3 is 0 Å². The van der Waals surface area contributed by atoms with E-state index >= 15 is 0 Å². The van der Waals surface area contributed by atoms with E-state index in [1.54, 1.807) is 0 Å². The maximum atomic E-state index is 5.59. The smallest absolute Gasteiger partial charge is 0.0670 e. The molecule has 3 N–H and O–H groups in total. The first-order valence-corrected chi connectivity index (χ1v) is 5.24. The molecule has 4 nitrogen and oxygen atoms in total. The predicted molar refractivity (Wildman–Crippen MR) is 55.4 cm³/mol. The highest BCUT2D eigenvalue weighted by atomic mass is 15.3. The van der Waals surface area contributed by atoms with Gasteiger partial charge in [-0.25, -0.2) is 0 Å². The Balaban J connectivity index is 2.27. The number of nitrogens with zero attached hydrogens (tertiary/aromatic N) is 2. The van der Waals surface area contributed by atoms with Crippen molar-refractivity contribution in [2.75, 3.05) is 0 Å². The van der Waals surface area contributed by atoms with Crippen LogP contribution in [0.3, 0.4) is 0 Å². The number of rotatable bonds is 4. The summed E-state index contributed by atoms with van der Waals surface area (Å²) in [6.07, 6.45) is 5.63. The van der Waals surface area contributed by atoms with Crippen molar-refractivity contribution in [3.8, 4) is 0 Å². The number of nitrogens with one attached hydrogen (secondary N) is 1. The minimum Gasteiger partial charge on any atom is -0.275 e. The minimum absolute atomic E-state index is 0.304. The highest BCUT2D eigenvalue weighted by Crippen LogP contribution is 2.41. The second-order valence-electron chi connectivity index (χ2n) is 4.04. The Kier molecular flexibility index (Phi) is 2.56. The van der Waals surface area contributed by atoms with Crippen LogP contribution < -0.4 is 11.3 Å². The summed E-state index contributed by atoms with van der Waals surface area (Å²) >= 11 is 0. The third-order valence-electron chi connectivity index (χ3n) is 2.88. The molecule has 4 heteroatoms. The van der Waals surface area contributed by atoms with E-state index in [0.717, 1.165) is 12.3 Å². The molecule has 0 aliphatic heterocycles. The molecule has 78 valence electrons. The lowest BCUT2D eigenvalue weighted by atomic mass is 10.0. The first kappa shape index (κ1) is 9.68. The van der Waals surface area contributed by atoms with E-state index in [1.165, 1.54) is 24.1 Å². The van der Waals surface area contributed by atoms with Crippen molar-refractivity contribution >= 4 is 0 Å². The molecular formula is C10H18N4. The van der Waals surface area contributed by atoms with E-state index < -0.39 is 0 Å². The maximum absolute atomic E-state index is 5.59. The number of hydrogen-bond donors (Lipinski definition) is 2. The van der Waals surface area contributed by atoms with Crippen molar-refractivity contribution in [2.24, 2.45) is 18.8 Å². The summed E-state index contributed by atoms with van der Waals surface area (Å²) in [5.41, 5.74) is 5.36. The van der Waals surface area contributed by atoms with Crippen LogP contribution in [0.25, 0.3) is 0 Å². The van der Waals surface area contributed by atoms with Crippen LogP contribution in [-0.2, 0) is 13.5 Å². The van der Waals surface area contributed by atoms with Crippen molar-refractivity contribution in [3.63, 3.8) is 0 Å². The third kappa shape index (κ3) is 1.67. The lowest BCUT2D eigenvalue weighted by molar-refractivity contribution is 0.493. The lowest BCUT2D eigenvalue weighted by Crippen LogP contribution is -2.29. The Morgan fingerprint density at radius 3 is 2.93 bits per heavy atom. The van der Waals surface area contributed by atoms with Gasteiger partial charge in [0.1, 0.15) is 0 Å². The Hall–Kier alpha value is -0.870. The van der Waals surface area contributed by atoms with Crippen LogP contribution >= 0.6 is 0 Å². The first-order chi connectivity index (χ1) is 6.76. The molecule has 0 amide bonds. The maximum Gasteiger partial charge on any atom is 0.0670 e. The van der Waals surface area contributed by atoms with Gasteiger partial charge in [0.05, 0.1) is 11.7 Å². The van der Waals surface area contributed by atoms with Crippen molar-refractivity contribution in [3.05, 3.63) is 17.5 Å². The average Bonchev–Trinajstić information content (AvgIpc) is 2.92. The van der Waals surface area contributed by atoms with Gasteiger partial charge in [-0.05, 0) is 25.2 Å². The predicted octanol–water partition coefficient (Wildman–Crippen LogP) is 0.897. The van der Waals surface area contributed by atoms with Gasteiger partial charge >= 0.3 is 0 Å². The molecule has 1 aromatic heterocycles. The normalized spacial score (nSPS) is 18.5. The van der Waals surface area contributed by atoms with Gasteiger partial charge in [-0.3, -0.25) is 16.0 Å². The Labute approximate surface area is 84.4 Å². The van der Waals surface area contributed by atoms with Gasteiger partial charge in [-0.15, -0.1) is 0 Å². The van der Waals surface area contributed by atoms with Gasteiger partial charge in [-0.1, -0.05) is 6.92 Å². The molecule has 1 aliphatic carbocycles. The molecular weight excluding hydrogens is 176 g/mol. The van der Waals surface area contributed by atoms with Gasteiger partial charge in [0.2, 0.25) is 0 Å². The fourth-order valence-corrected chi connectivity index (χ4v) is 2.00. The third-order valence-corrected chi connectivity index (χ3v) is 2.88. The number of aryl methyl sites for hydroxylation is 2. The molecule has 1 aromatic rings. The van der Waals surface area contributed by atoms with Gasteiger partial charge in [0, 0.05) is 18.8 Å². The largest absolute Gasteiger partial charge is 0.275 e. The topological polar surface area (TPSA) is 55.9 Å². The molecule has 0 spiro atoms. The zero-order valence-corrected chi connectivity index (χ0v) is 8.83. The van der Waals surface area contributed by atoms with Gasteiger partial charge in [0.15, 0.2) is 0 Å². The second-order valence-corrected chi connectivity index (χ2v) is 4.04. The van der Waals surface area contributed by atoms with Crippen LogP contribution in [0, 0.1) is 5.92 Å². The number of hydrogen-bond acceptors (Lipinski definition) is 3. The zero-order valence-electron chi connectivity index (χ0n) is 8.83. The highest BCUT2D eigenvalue weighted by molar-refractivity contribution is 5.23. The van der Waals surface area contributed by atoms with E-state index in [4.69, 9.17) is 5.84 Å². The SMILES string of the molecule is CCc1nn(C)cc1C(NN)C1CC1. The number of nitrogens with two attached hydrogens (primary N) is 1. The molecule has 0 aromatic carbocycles. The zero-order chi connectivity index (χ0) is 10.1. The molecule has 1 aliphatic rings. The molecule has 0 bridgehead atoms. The van der Waals surface area contributed by atoms with Crippen molar-refractivity contribution in [1.82, 2.24) is 15.2 Å². The molecule has 0 saturated heterocycles. The molecule has 1 fully saturated rings. The molecule has 14 heavy (non-hydrogen) atoms. The highest BCUT2D eigenvalue weighted by Gasteiger charge is 2.33. The van der Waals surface area contributed by atoms with Crippen LogP contribution in [0.2, 0.25) is 0 Å². The van der Waals surface area contributed by atoms with Crippen LogP contribution in [0.4, 0.5) is 0 Å². The van der Waals surface area contributed by atoms with Crippen molar-refractivity contribution in [2.45, 2.75) is 32.2 Å². The van der Waals surface area contributed by atoms with E-state index in [9.17, 15) is 0 Å². The van der Waals surface area contributed by atoms with E-state index in [2.05, 4.69) is 23.6 Å². The molecule has 2 rings (SSSR count). The molecule has 1 saturated carbocycles. The fraction of sp³-hybridized carbons (Fsp3) is 0.700. The lowest BCUT2D eigenvalue weighted by Gasteiger charge is -2.14. The summed E-state index contributed by atoms with van der Waals surface area (Å²) in [6.45, 7) is 2.13. The van der Waals surface area contributed by atoms with Crippen LogP contribution in [0.1, 0.15) is 37.1 Å². The Morgan fingerprint density at radius 1 is 1.71 bits per heavy atom. The standard InChI is InChI=1S/C10H18N4/c1-3-9-8(6-14(2)13-9)10(12-11)7-4-5-7/h6-7,10,12H,3-5,11H2,1-2H3. The summed E-state index contributed by atoms with van der Waals surface area (Å²) in [6, 6.07) is 0.304. The van der Waals surface area contributed by atoms with E-state index in [0.29, 0.717) is 6.04 Å². The van der Waals surface area contributed by atoms with Crippen LogP contribution in [-0.4, -0.2) is 9.78 Å². The van der Waals surface area contributed by atoms with E-state index in [-0.39, 0.29) is 0 Å². The quantitative estimate of drug-likeness (QED) is 0.553. The van der Waals surface area contributed by atoms with Crippen LogP contribution in [0.15, 0.2) is 6.20 Å². The van der Waals surface area contributed by atoms with E-state index in [1.807, 2.05) is 11.7 Å². The summed E-state index contributed by atoms with van der Waals surface area (Å²) in [5, 5.41) is 4.43. The van der Waals surface area contributed by atoms with Crippen molar-refractivity contribution < 1.29 is 0 Å². The van der Waals surface area contributed by atoms with Crippen molar-refractivity contribution in [1.29, 1.82) is 0 Å². The summed E-state index contributed by atoms with van der Waals surface area (Å²) in [5.74, 6) is 6.31. The summed E-state index contributed by atoms with van der Waals surface area (Å²) < 4.78 is 1.88. The summed E-state index contributed by atoms with van der Waals surface area (Å²) in [7, 11) is 1.96. The molecule has 1 heterocycles.